The number of nitrogen functional groups attached to an aromatic ring is 1. The Kier molecular flexibility index (Phi) is 3.54. The monoisotopic (exact) mass is 331 g/mol. The molecule has 0 saturated heterocycles. The van der Waals surface area contributed by atoms with Crippen LogP contribution in [0.3, 0.4) is 0 Å². The molecule has 1 heterocycles. The molecule has 2 N–H and O–H groups in total. The number of aromatic nitrogens is 2. The van der Waals surface area contributed by atoms with Gasteiger partial charge in [-0.05, 0) is 0 Å². The quantitative estimate of drug-likeness (QED) is 0.856. The lowest BCUT2D eigenvalue weighted by molar-refractivity contribution is -0.291. The summed E-state index contributed by atoms with van der Waals surface area (Å²) in [4.78, 5) is 0. The van der Waals surface area contributed by atoms with Gasteiger partial charge in [-0.2, -0.15) is 27.1 Å². The predicted molar refractivity (Wildman–Crippen MR) is 57.8 cm³/mol. The van der Waals surface area contributed by atoms with E-state index in [2.05, 4.69) is 5.10 Å². The molecule has 1 aromatic carbocycles. The molecule has 0 unspecified atom stereocenters. The Morgan fingerprint density at radius 1 is 0.955 bits per heavy atom. The Hall–Kier alpha value is -2.33. The van der Waals surface area contributed by atoms with Gasteiger partial charge in [-0.25, -0.2) is 17.9 Å². The van der Waals surface area contributed by atoms with E-state index in [1.54, 1.807) is 0 Å². The van der Waals surface area contributed by atoms with Crippen LogP contribution in [0.25, 0.3) is 5.69 Å². The zero-order valence-electron chi connectivity index (χ0n) is 10.2. The smallest absolute Gasteiger partial charge is 0.396 e. The van der Waals surface area contributed by atoms with Gasteiger partial charge < -0.3 is 5.73 Å². The molecule has 0 fully saturated rings. The average Bonchev–Trinajstić information content (AvgIpc) is 2.68. The fraction of sp³-hybridized carbons (Fsp3) is 0.182. The van der Waals surface area contributed by atoms with Gasteiger partial charge in [0.15, 0.2) is 11.6 Å². The van der Waals surface area contributed by atoms with Gasteiger partial charge in [0.25, 0.3) is 0 Å². The highest BCUT2D eigenvalue weighted by Crippen LogP contribution is 2.46. The van der Waals surface area contributed by atoms with Crippen molar-refractivity contribution in [2.45, 2.75) is 12.1 Å². The fourth-order valence-electron chi connectivity index (χ4n) is 1.72. The second-order valence-electron chi connectivity index (χ2n) is 4.15. The third-order valence-electron chi connectivity index (χ3n) is 2.64. The van der Waals surface area contributed by atoms with E-state index in [0.717, 1.165) is 0 Å². The number of rotatable bonds is 2. The van der Waals surface area contributed by atoms with Crippen molar-refractivity contribution in [1.82, 2.24) is 9.78 Å². The Morgan fingerprint density at radius 3 is 1.91 bits per heavy atom. The van der Waals surface area contributed by atoms with Crippen LogP contribution in [0, 0.1) is 17.5 Å². The lowest BCUT2D eigenvalue weighted by atomic mass is 10.2. The van der Waals surface area contributed by atoms with Crippen molar-refractivity contribution < 1.29 is 35.1 Å². The molecular weight excluding hydrogens is 326 g/mol. The highest BCUT2D eigenvalue weighted by Gasteiger charge is 2.62. The van der Waals surface area contributed by atoms with Crippen molar-refractivity contribution >= 4 is 5.69 Å². The van der Waals surface area contributed by atoms with Crippen LogP contribution in [0.5, 0.6) is 0 Å². The first kappa shape index (κ1) is 16.0. The minimum Gasteiger partial charge on any atom is -0.396 e. The van der Waals surface area contributed by atoms with Crippen LogP contribution in [0.1, 0.15) is 5.69 Å². The van der Waals surface area contributed by atoms with Gasteiger partial charge in [-0.3, -0.25) is 0 Å². The summed E-state index contributed by atoms with van der Waals surface area (Å²) in [5.41, 5.74) is 0.502. The van der Waals surface area contributed by atoms with E-state index in [1.807, 2.05) is 0 Å². The summed E-state index contributed by atoms with van der Waals surface area (Å²) in [6.07, 6.45) is -5.71. The Bertz CT molecular complexity index is 696. The largest absolute Gasteiger partial charge is 0.459 e. The molecule has 22 heavy (non-hydrogen) atoms. The second-order valence-corrected chi connectivity index (χ2v) is 4.15. The van der Waals surface area contributed by atoms with Gasteiger partial charge in [0.05, 0.1) is 11.9 Å². The van der Waals surface area contributed by atoms with Gasteiger partial charge in [0, 0.05) is 12.1 Å². The first-order valence-electron chi connectivity index (χ1n) is 5.40. The van der Waals surface area contributed by atoms with Crippen molar-refractivity contribution in [2.75, 3.05) is 5.73 Å². The predicted octanol–water partition coefficient (Wildman–Crippen LogP) is 3.53. The summed E-state index contributed by atoms with van der Waals surface area (Å²) in [7, 11) is 0. The Labute approximate surface area is 116 Å². The fourth-order valence-corrected chi connectivity index (χ4v) is 1.72. The molecular formula is C11H5F8N3. The van der Waals surface area contributed by atoms with E-state index in [-0.39, 0.29) is 16.8 Å². The van der Waals surface area contributed by atoms with Gasteiger partial charge in [0.2, 0.25) is 0 Å². The van der Waals surface area contributed by atoms with Crippen molar-refractivity contribution in [2.24, 2.45) is 0 Å². The lowest BCUT2D eigenvalue weighted by Crippen LogP contribution is -2.36. The maximum atomic E-state index is 13.6. The molecule has 0 aliphatic heterocycles. The van der Waals surface area contributed by atoms with Crippen molar-refractivity contribution in [3.63, 3.8) is 0 Å². The number of halogens is 8. The molecule has 3 nitrogen and oxygen atoms in total. The van der Waals surface area contributed by atoms with E-state index in [4.69, 9.17) is 5.73 Å². The number of nitrogens with zero attached hydrogens (tertiary/aromatic N) is 2. The number of benzene rings is 1. The van der Waals surface area contributed by atoms with Crippen molar-refractivity contribution in [3.8, 4) is 5.69 Å². The second kappa shape index (κ2) is 4.85. The highest BCUT2D eigenvalue weighted by molar-refractivity contribution is 5.49. The van der Waals surface area contributed by atoms with Gasteiger partial charge in [0.1, 0.15) is 17.2 Å². The van der Waals surface area contributed by atoms with Crippen LogP contribution in [0.2, 0.25) is 0 Å². The molecule has 2 rings (SSSR count). The first-order chi connectivity index (χ1) is 9.96. The third-order valence-corrected chi connectivity index (χ3v) is 2.64. The molecule has 0 radical (unpaired) electrons. The molecule has 1 aromatic heterocycles. The summed E-state index contributed by atoms with van der Waals surface area (Å²) < 4.78 is 104. The first-order valence-corrected chi connectivity index (χ1v) is 5.40. The molecule has 0 aliphatic rings. The number of hydrogen-bond acceptors (Lipinski definition) is 2. The molecule has 0 spiro atoms. The normalized spacial score (nSPS) is 12.7. The summed E-state index contributed by atoms with van der Waals surface area (Å²) >= 11 is 0. The van der Waals surface area contributed by atoms with Crippen molar-refractivity contribution in [1.29, 1.82) is 0 Å². The van der Waals surface area contributed by atoms with Crippen LogP contribution < -0.4 is 5.73 Å². The SMILES string of the molecule is Nc1cnn(-c2c(F)cc(F)cc2F)c1C(F)(F)C(F)(F)F. The Balaban J connectivity index is 2.77. The minimum atomic E-state index is -6.08. The Morgan fingerprint density at radius 2 is 1.45 bits per heavy atom. The van der Waals surface area contributed by atoms with E-state index in [1.165, 1.54) is 0 Å². The lowest BCUT2D eigenvalue weighted by Gasteiger charge is -2.21. The number of anilines is 1. The van der Waals surface area contributed by atoms with Crippen LogP contribution in [0.15, 0.2) is 18.3 Å². The molecule has 0 saturated carbocycles. The molecule has 120 valence electrons. The average molecular weight is 331 g/mol. The summed E-state index contributed by atoms with van der Waals surface area (Å²) in [6.45, 7) is 0. The number of nitrogens with two attached hydrogens (primary N) is 1. The van der Waals surface area contributed by atoms with E-state index >= 15 is 0 Å². The summed E-state index contributed by atoms with van der Waals surface area (Å²) in [5.74, 6) is -10.4. The highest BCUT2D eigenvalue weighted by atomic mass is 19.4. The standard InChI is InChI=1S/C11H5F8N3/c12-4-1-5(13)8(6(14)2-4)22-9(7(20)3-21-22)10(15,16)11(17,18)19/h1-3H,20H2. The van der Waals surface area contributed by atoms with Crippen LogP contribution in [-0.4, -0.2) is 16.0 Å². The maximum absolute atomic E-state index is 13.6. The molecule has 2 aromatic rings. The molecule has 0 aliphatic carbocycles. The van der Waals surface area contributed by atoms with Crippen LogP contribution in [0.4, 0.5) is 40.8 Å². The summed E-state index contributed by atoms with van der Waals surface area (Å²) in [5, 5.41) is 3.03. The number of alkyl halides is 5. The summed E-state index contributed by atoms with van der Waals surface area (Å²) in [6, 6.07) is 0.206. The molecule has 0 atom stereocenters. The van der Waals surface area contributed by atoms with Gasteiger partial charge >= 0.3 is 12.1 Å². The van der Waals surface area contributed by atoms with Gasteiger partial charge in [-0.1, -0.05) is 0 Å². The van der Waals surface area contributed by atoms with Crippen LogP contribution >= 0.6 is 0 Å². The minimum absolute atomic E-state index is 0.103. The molecule has 0 amide bonds. The van der Waals surface area contributed by atoms with E-state index in [0.29, 0.717) is 6.20 Å². The molecule has 0 bridgehead atoms. The van der Waals surface area contributed by atoms with E-state index in [9.17, 15) is 35.1 Å². The number of hydrogen-bond donors (Lipinski definition) is 1. The van der Waals surface area contributed by atoms with E-state index < -0.39 is 46.6 Å². The topological polar surface area (TPSA) is 43.8 Å². The molecule has 11 heteroatoms. The third kappa shape index (κ3) is 2.35. The maximum Gasteiger partial charge on any atom is 0.459 e. The van der Waals surface area contributed by atoms with Gasteiger partial charge in [-0.15, -0.1) is 0 Å². The van der Waals surface area contributed by atoms with Crippen molar-refractivity contribution in [3.05, 3.63) is 41.5 Å². The zero-order valence-corrected chi connectivity index (χ0v) is 10.2. The zero-order chi connectivity index (χ0) is 16.9. The van der Waals surface area contributed by atoms with Crippen LogP contribution in [-0.2, 0) is 5.92 Å².